The highest BCUT2D eigenvalue weighted by molar-refractivity contribution is 6.07. The maximum atomic E-state index is 13.2. The Morgan fingerprint density at radius 3 is 2.38 bits per heavy atom. The number of nitrogens with one attached hydrogen (secondary N) is 1. The number of fused-ring (bicyclic) bond motifs is 1. The van der Waals surface area contributed by atoms with Crippen LogP contribution in [0, 0.1) is 5.92 Å². The summed E-state index contributed by atoms with van der Waals surface area (Å²) in [4.78, 5) is 43.7. The van der Waals surface area contributed by atoms with E-state index in [2.05, 4.69) is 20.2 Å². The number of amides is 1. The van der Waals surface area contributed by atoms with Crippen LogP contribution in [0.4, 0.5) is 23.3 Å². The average molecular weight is 507 g/mol. The Morgan fingerprint density at radius 1 is 1.05 bits per heavy atom. The van der Waals surface area contributed by atoms with Gasteiger partial charge in [0.15, 0.2) is 0 Å². The lowest BCUT2D eigenvalue weighted by Crippen LogP contribution is -2.42. The lowest BCUT2D eigenvalue weighted by Gasteiger charge is -2.33. The molecule has 2 aromatic rings. The summed E-state index contributed by atoms with van der Waals surface area (Å²) in [5.74, 6) is 1.76. The van der Waals surface area contributed by atoms with Crippen molar-refractivity contribution in [2.24, 2.45) is 5.92 Å². The highest BCUT2D eigenvalue weighted by Crippen LogP contribution is 2.44. The molecule has 1 N–H and O–H groups in total. The number of carbonyl (C=O) groups excluding carboxylic acids is 2. The molecule has 1 aliphatic carbocycles. The summed E-state index contributed by atoms with van der Waals surface area (Å²) in [6.07, 6.45) is 9.49. The van der Waals surface area contributed by atoms with E-state index in [0.29, 0.717) is 11.8 Å². The summed E-state index contributed by atoms with van der Waals surface area (Å²) < 4.78 is 5.56. The van der Waals surface area contributed by atoms with E-state index in [4.69, 9.17) is 9.72 Å². The number of carbonyl (C=O) groups is 2. The van der Waals surface area contributed by atoms with Crippen molar-refractivity contribution < 1.29 is 14.3 Å². The molecule has 9 nitrogen and oxygen atoms in total. The maximum absolute atomic E-state index is 13.2. The summed E-state index contributed by atoms with van der Waals surface area (Å²) in [6.45, 7) is 11.2. The van der Waals surface area contributed by atoms with Crippen molar-refractivity contribution in [3.8, 4) is 0 Å². The van der Waals surface area contributed by atoms with Gasteiger partial charge in [-0.05, 0) is 72.4 Å². The van der Waals surface area contributed by atoms with Crippen LogP contribution in [0.25, 0.3) is 0 Å². The van der Waals surface area contributed by atoms with Crippen LogP contribution in [0.1, 0.15) is 78.7 Å². The zero-order chi connectivity index (χ0) is 26.4. The Labute approximate surface area is 219 Å². The van der Waals surface area contributed by atoms with E-state index in [-0.39, 0.29) is 23.8 Å². The Hall–Kier alpha value is -3.23. The molecule has 0 spiro atoms. The van der Waals surface area contributed by atoms with Gasteiger partial charge in [-0.2, -0.15) is 4.98 Å². The number of hydrogen-bond acceptors (Lipinski definition) is 8. The number of hydrogen-bond donors (Lipinski definition) is 1. The average Bonchev–Trinajstić information content (AvgIpc) is 3.44. The third-order valence-electron chi connectivity index (χ3n) is 7.70. The SMILES string of the molecule is CC(C)(C)OC(=O)C1CCN(c2ccc(Nc3ncc4c(n3)N(C3CCCC3)C(=O)C4(C)C)nc2)CC1. The van der Waals surface area contributed by atoms with Crippen LogP contribution in [0.3, 0.4) is 0 Å². The first kappa shape index (κ1) is 25.4. The summed E-state index contributed by atoms with van der Waals surface area (Å²) in [6, 6.07) is 4.15. The van der Waals surface area contributed by atoms with Crippen LogP contribution >= 0.6 is 0 Å². The minimum atomic E-state index is -0.618. The molecule has 0 bridgehead atoms. The van der Waals surface area contributed by atoms with Gasteiger partial charge < -0.3 is 15.0 Å². The van der Waals surface area contributed by atoms with Crippen molar-refractivity contribution in [2.75, 3.05) is 28.2 Å². The Bertz CT molecular complexity index is 1160. The molecule has 5 rings (SSSR count). The lowest BCUT2D eigenvalue weighted by atomic mass is 9.88. The number of pyridine rings is 1. The number of esters is 1. The fraction of sp³-hybridized carbons (Fsp3) is 0.607. The van der Waals surface area contributed by atoms with Gasteiger partial charge in [0.25, 0.3) is 0 Å². The van der Waals surface area contributed by atoms with Gasteiger partial charge in [0, 0.05) is 30.9 Å². The second kappa shape index (κ2) is 9.58. The normalized spacial score (nSPS) is 20.3. The van der Waals surface area contributed by atoms with Gasteiger partial charge in [-0.3, -0.25) is 14.5 Å². The molecule has 1 saturated heterocycles. The third kappa shape index (κ3) is 5.13. The molecule has 1 amide bonds. The number of anilines is 4. The molecule has 0 aromatic carbocycles. The van der Waals surface area contributed by atoms with Gasteiger partial charge in [-0.25, -0.2) is 9.97 Å². The van der Waals surface area contributed by atoms with Crippen molar-refractivity contribution in [2.45, 2.75) is 90.2 Å². The van der Waals surface area contributed by atoms with E-state index in [1.807, 2.05) is 57.8 Å². The van der Waals surface area contributed by atoms with Gasteiger partial charge in [0.05, 0.1) is 23.2 Å². The van der Waals surface area contributed by atoms with Gasteiger partial charge in [0.1, 0.15) is 17.2 Å². The van der Waals surface area contributed by atoms with Crippen LogP contribution in [-0.2, 0) is 19.7 Å². The molecule has 0 radical (unpaired) electrons. The number of nitrogens with zero attached hydrogens (tertiary/aromatic N) is 5. The van der Waals surface area contributed by atoms with E-state index in [9.17, 15) is 9.59 Å². The largest absolute Gasteiger partial charge is 0.460 e. The molecule has 37 heavy (non-hydrogen) atoms. The molecule has 198 valence electrons. The number of aromatic nitrogens is 3. The van der Waals surface area contributed by atoms with E-state index < -0.39 is 11.0 Å². The van der Waals surface area contributed by atoms with Crippen LogP contribution in [0.5, 0.6) is 0 Å². The predicted octanol–water partition coefficient (Wildman–Crippen LogP) is 4.74. The molecule has 2 fully saturated rings. The van der Waals surface area contributed by atoms with Gasteiger partial charge >= 0.3 is 5.97 Å². The molecule has 0 atom stereocenters. The quantitative estimate of drug-likeness (QED) is 0.581. The topological polar surface area (TPSA) is 101 Å². The highest BCUT2D eigenvalue weighted by Gasteiger charge is 2.48. The first-order valence-corrected chi connectivity index (χ1v) is 13.4. The van der Waals surface area contributed by atoms with E-state index in [0.717, 1.165) is 68.7 Å². The number of rotatable bonds is 5. The van der Waals surface area contributed by atoms with Crippen LogP contribution in [-0.4, -0.2) is 51.6 Å². The minimum absolute atomic E-state index is 0.0537. The van der Waals surface area contributed by atoms with Gasteiger partial charge in [-0.15, -0.1) is 0 Å². The van der Waals surface area contributed by atoms with Crippen molar-refractivity contribution in [1.82, 2.24) is 15.0 Å². The summed E-state index contributed by atoms with van der Waals surface area (Å²) in [5.41, 5.74) is 0.827. The predicted molar refractivity (Wildman–Crippen MR) is 143 cm³/mol. The van der Waals surface area contributed by atoms with Crippen LogP contribution in [0.2, 0.25) is 0 Å². The molecule has 2 aromatic heterocycles. The Morgan fingerprint density at radius 2 is 1.76 bits per heavy atom. The summed E-state index contributed by atoms with van der Waals surface area (Å²) >= 11 is 0. The smallest absolute Gasteiger partial charge is 0.309 e. The second-order valence-electron chi connectivity index (χ2n) is 12.0. The van der Waals surface area contributed by atoms with E-state index in [1.54, 1.807) is 6.20 Å². The third-order valence-corrected chi connectivity index (χ3v) is 7.70. The Kier molecular flexibility index (Phi) is 6.58. The molecular weight excluding hydrogens is 468 g/mol. The van der Waals surface area contributed by atoms with Crippen LogP contribution < -0.4 is 15.1 Å². The van der Waals surface area contributed by atoms with Crippen molar-refractivity contribution in [1.29, 1.82) is 0 Å². The first-order valence-electron chi connectivity index (χ1n) is 13.4. The number of piperidine rings is 1. The van der Waals surface area contributed by atoms with E-state index >= 15 is 0 Å². The molecule has 1 saturated carbocycles. The maximum Gasteiger partial charge on any atom is 0.309 e. The fourth-order valence-corrected chi connectivity index (χ4v) is 5.59. The highest BCUT2D eigenvalue weighted by atomic mass is 16.6. The van der Waals surface area contributed by atoms with Crippen molar-refractivity contribution in [3.05, 3.63) is 30.1 Å². The Balaban J connectivity index is 1.24. The van der Waals surface area contributed by atoms with Gasteiger partial charge in [0.2, 0.25) is 11.9 Å². The standard InChI is InChI=1S/C28H38N6O3/c1-27(2,3)37-24(35)18-12-14-33(15-13-18)20-10-11-22(29-16-20)31-26-30-17-21-23(32-26)34(19-8-6-7-9-19)25(36)28(21,4)5/h10-11,16-19H,6-9,12-15H2,1-5H3,(H,29,30,31,32). The first-order chi connectivity index (χ1) is 17.5. The molecule has 9 heteroatoms. The number of ether oxygens (including phenoxy) is 1. The van der Waals surface area contributed by atoms with Crippen LogP contribution in [0.15, 0.2) is 24.5 Å². The molecule has 4 heterocycles. The minimum Gasteiger partial charge on any atom is -0.460 e. The van der Waals surface area contributed by atoms with Gasteiger partial charge in [-0.1, -0.05) is 12.8 Å². The zero-order valence-corrected chi connectivity index (χ0v) is 22.6. The van der Waals surface area contributed by atoms with Crippen molar-refractivity contribution in [3.63, 3.8) is 0 Å². The molecule has 3 aliphatic rings. The molecular formula is C28H38N6O3. The van der Waals surface area contributed by atoms with Crippen molar-refractivity contribution >= 4 is 35.1 Å². The summed E-state index contributed by atoms with van der Waals surface area (Å²) in [7, 11) is 0. The monoisotopic (exact) mass is 506 g/mol. The molecule has 0 unspecified atom stereocenters. The fourth-order valence-electron chi connectivity index (χ4n) is 5.59. The lowest BCUT2D eigenvalue weighted by molar-refractivity contribution is -0.160. The van der Waals surface area contributed by atoms with E-state index in [1.165, 1.54) is 0 Å². The summed E-state index contributed by atoms with van der Waals surface area (Å²) in [5, 5.41) is 3.21. The zero-order valence-electron chi connectivity index (χ0n) is 22.6. The molecule has 2 aliphatic heterocycles. The second-order valence-corrected chi connectivity index (χ2v) is 12.0.